The predicted molar refractivity (Wildman–Crippen MR) is 94.9 cm³/mol. The number of unbranched alkanes of at least 4 members (excludes halogenated alkanes) is 1. The Labute approximate surface area is 142 Å². The van der Waals surface area contributed by atoms with Crippen LogP contribution in [0.5, 0.6) is 5.88 Å². The highest BCUT2D eigenvalue weighted by molar-refractivity contribution is 6.99. The molecule has 1 aliphatic heterocycles. The lowest BCUT2D eigenvalue weighted by Crippen LogP contribution is -2.25. The number of benzene rings is 1. The third-order valence-electron chi connectivity index (χ3n) is 4.05. The summed E-state index contributed by atoms with van der Waals surface area (Å²) in [6, 6.07) is 10.6. The third kappa shape index (κ3) is 4.62. The second kappa shape index (κ2) is 8.22. The van der Waals surface area contributed by atoms with Gasteiger partial charge in [-0.25, -0.2) is 0 Å². The van der Waals surface area contributed by atoms with Gasteiger partial charge in [-0.05, 0) is 43.9 Å². The molecule has 1 aliphatic rings. The zero-order chi connectivity index (χ0) is 15.9. The minimum atomic E-state index is 0.703. The topological polar surface area (TPSA) is 38.2 Å². The van der Waals surface area contributed by atoms with Crippen LogP contribution < -0.4 is 4.74 Å². The van der Waals surface area contributed by atoms with E-state index < -0.39 is 0 Å². The van der Waals surface area contributed by atoms with Gasteiger partial charge in [0.2, 0.25) is 0 Å². The van der Waals surface area contributed by atoms with Crippen molar-refractivity contribution in [3.63, 3.8) is 0 Å². The Morgan fingerprint density at radius 2 is 2.04 bits per heavy atom. The average molecular weight is 329 g/mol. The van der Waals surface area contributed by atoms with E-state index in [9.17, 15) is 0 Å². The Bertz CT molecular complexity index is 639. The van der Waals surface area contributed by atoms with Crippen molar-refractivity contribution in [2.75, 3.05) is 26.7 Å². The summed E-state index contributed by atoms with van der Waals surface area (Å²) in [5, 5.41) is 0. The Kier molecular flexibility index (Phi) is 5.77. The largest absolute Gasteiger partial charge is 0.475 e. The molecule has 0 saturated carbocycles. The van der Waals surface area contributed by atoms with Crippen molar-refractivity contribution in [1.29, 1.82) is 0 Å². The van der Waals surface area contributed by atoms with E-state index in [1.807, 2.05) is 0 Å². The molecule has 1 aromatic carbocycles. The first kappa shape index (κ1) is 16.1. The molecule has 0 fully saturated rings. The van der Waals surface area contributed by atoms with Crippen molar-refractivity contribution < 1.29 is 4.74 Å². The van der Waals surface area contributed by atoms with E-state index in [1.54, 1.807) is 0 Å². The number of nitrogens with zero attached hydrogens (tertiary/aromatic N) is 3. The summed E-state index contributed by atoms with van der Waals surface area (Å²) in [5.74, 6) is 0.705. The van der Waals surface area contributed by atoms with Crippen LogP contribution in [-0.4, -0.2) is 40.4 Å². The van der Waals surface area contributed by atoms with Crippen LogP contribution in [-0.2, 0) is 6.42 Å². The standard InChI is InChI=1S/C18H23N3OS/c1-21-12-7-11-16(14-21)17-18(20-23-19-17)22-13-6-5-10-15-8-3-2-4-9-15/h2-4,8-9,11H,5-7,10,12-14H2,1H3. The summed E-state index contributed by atoms with van der Waals surface area (Å²) < 4.78 is 14.6. The minimum absolute atomic E-state index is 0.703. The fraction of sp³-hybridized carbons (Fsp3) is 0.444. The highest BCUT2D eigenvalue weighted by atomic mass is 32.1. The van der Waals surface area contributed by atoms with Gasteiger partial charge in [0, 0.05) is 13.1 Å². The molecule has 0 spiro atoms. The molecule has 2 aromatic rings. The molecule has 0 amide bonds. The monoisotopic (exact) mass is 329 g/mol. The van der Waals surface area contributed by atoms with Crippen molar-refractivity contribution in [2.24, 2.45) is 0 Å². The molecule has 0 N–H and O–H groups in total. The summed E-state index contributed by atoms with van der Waals surface area (Å²) in [5.41, 5.74) is 3.57. The summed E-state index contributed by atoms with van der Waals surface area (Å²) in [6.07, 6.45) is 6.59. The summed E-state index contributed by atoms with van der Waals surface area (Å²) in [4.78, 5) is 2.30. The normalized spacial score (nSPS) is 15.4. The van der Waals surface area contributed by atoms with E-state index in [2.05, 4.69) is 57.1 Å². The van der Waals surface area contributed by atoms with Gasteiger partial charge in [-0.15, -0.1) is 4.37 Å². The van der Waals surface area contributed by atoms with Gasteiger partial charge in [-0.1, -0.05) is 36.4 Å². The molecule has 0 radical (unpaired) electrons. The molecule has 122 valence electrons. The van der Waals surface area contributed by atoms with Crippen LogP contribution in [0.25, 0.3) is 5.57 Å². The van der Waals surface area contributed by atoms with Crippen molar-refractivity contribution >= 4 is 17.3 Å². The van der Waals surface area contributed by atoms with E-state index in [4.69, 9.17) is 4.74 Å². The molecule has 0 saturated heterocycles. The number of hydrogen-bond acceptors (Lipinski definition) is 5. The maximum absolute atomic E-state index is 5.88. The number of aromatic nitrogens is 2. The Hall–Kier alpha value is -1.72. The van der Waals surface area contributed by atoms with E-state index in [1.165, 1.54) is 22.9 Å². The number of likely N-dealkylation sites (N-methyl/N-ethyl adjacent to an activating group) is 1. The molecule has 1 aromatic heterocycles. The first-order valence-electron chi connectivity index (χ1n) is 8.20. The fourth-order valence-electron chi connectivity index (χ4n) is 2.78. The van der Waals surface area contributed by atoms with Crippen LogP contribution in [0.1, 0.15) is 30.5 Å². The maximum atomic E-state index is 5.88. The van der Waals surface area contributed by atoms with Gasteiger partial charge in [0.15, 0.2) is 0 Å². The molecule has 0 aliphatic carbocycles. The summed E-state index contributed by atoms with van der Waals surface area (Å²) in [6.45, 7) is 2.74. The van der Waals surface area contributed by atoms with Crippen LogP contribution in [0.4, 0.5) is 0 Å². The predicted octanol–water partition coefficient (Wildman–Crippen LogP) is 3.66. The number of rotatable bonds is 7. The Balaban J connectivity index is 1.46. The Morgan fingerprint density at radius 3 is 2.87 bits per heavy atom. The SMILES string of the molecule is CN1CCC=C(c2nsnc2OCCCCc2ccccc2)C1. The quantitative estimate of drug-likeness (QED) is 0.727. The summed E-state index contributed by atoms with van der Waals surface area (Å²) in [7, 11) is 2.14. The van der Waals surface area contributed by atoms with Gasteiger partial charge in [0.05, 0.1) is 18.3 Å². The molecular weight excluding hydrogens is 306 g/mol. The van der Waals surface area contributed by atoms with E-state index in [0.717, 1.165) is 44.5 Å². The molecule has 2 heterocycles. The van der Waals surface area contributed by atoms with E-state index >= 15 is 0 Å². The van der Waals surface area contributed by atoms with Crippen molar-refractivity contribution in [1.82, 2.24) is 13.6 Å². The lowest BCUT2D eigenvalue weighted by atomic mass is 10.1. The van der Waals surface area contributed by atoms with Crippen LogP contribution in [0.2, 0.25) is 0 Å². The number of aryl methyl sites for hydroxylation is 1. The average Bonchev–Trinajstić information content (AvgIpc) is 3.04. The van der Waals surface area contributed by atoms with E-state index in [0.29, 0.717) is 12.5 Å². The molecule has 5 heteroatoms. The Morgan fingerprint density at radius 1 is 1.17 bits per heavy atom. The van der Waals surface area contributed by atoms with Crippen molar-refractivity contribution in [3.8, 4) is 5.88 Å². The zero-order valence-electron chi connectivity index (χ0n) is 13.6. The summed E-state index contributed by atoms with van der Waals surface area (Å²) >= 11 is 1.24. The first-order valence-corrected chi connectivity index (χ1v) is 8.93. The lowest BCUT2D eigenvalue weighted by Gasteiger charge is -2.22. The van der Waals surface area contributed by atoms with Gasteiger partial charge in [0.25, 0.3) is 5.88 Å². The van der Waals surface area contributed by atoms with Crippen LogP contribution in [0, 0.1) is 0 Å². The molecular formula is C18H23N3OS. The highest BCUT2D eigenvalue weighted by Crippen LogP contribution is 2.27. The lowest BCUT2D eigenvalue weighted by molar-refractivity contribution is 0.296. The molecule has 0 atom stereocenters. The van der Waals surface area contributed by atoms with Crippen LogP contribution in [0.3, 0.4) is 0 Å². The van der Waals surface area contributed by atoms with Crippen LogP contribution in [0.15, 0.2) is 36.4 Å². The van der Waals surface area contributed by atoms with Crippen molar-refractivity contribution in [3.05, 3.63) is 47.7 Å². The molecule has 3 rings (SSSR count). The molecule has 4 nitrogen and oxygen atoms in total. The fourth-order valence-corrected chi connectivity index (χ4v) is 3.31. The maximum Gasteiger partial charge on any atom is 0.253 e. The minimum Gasteiger partial charge on any atom is -0.475 e. The van der Waals surface area contributed by atoms with Gasteiger partial charge in [-0.2, -0.15) is 4.37 Å². The first-order chi connectivity index (χ1) is 11.3. The molecule has 0 bridgehead atoms. The molecule has 23 heavy (non-hydrogen) atoms. The van der Waals surface area contributed by atoms with Crippen LogP contribution >= 0.6 is 11.7 Å². The zero-order valence-corrected chi connectivity index (χ0v) is 14.4. The van der Waals surface area contributed by atoms with Gasteiger partial charge >= 0.3 is 0 Å². The number of ether oxygens (including phenoxy) is 1. The number of hydrogen-bond donors (Lipinski definition) is 0. The smallest absolute Gasteiger partial charge is 0.253 e. The van der Waals surface area contributed by atoms with Gasteiger partial charge in [0.1, 0.15) is 5.69 Å². The highest BCUT2D eigenvalue weighted by Gasteiger charge is 2.18. The van der Waals surface area contributed by atoms with Gasteiger partial charge in [-0.3, -0.25) is 0 Å². The molecule has 0 unspecified atom stereocenters. The second-order valence-electron chi connectivity index (χ2n) is 5.96. The van der Waals surface area contributed by atoms with E-state index in [-0.39, 0.29) is 0 Å². The second-order valence-corrected chi connectivity index (χ2v) is 6.49. The van der Waals surface area contributed by atoms with Gasteiger partial charge < -0.3 is 9.64 Å². The van der Waals surface area contributed by atoms with Crippen molar-refractivity contribution in [2.45, 2.75) is 25.7 Å². The third-order valence-corrected chi connectivity index (χ3v) is 4.56.